The molecule has 3 atom stereocenters. The van der Waals surface area contributed by atoms with Crippen LogP contribution in [-0.4, -0.2) is 15.8 Å². The van der Waals surface area contributed by atoms with Gasteiger partial charge in [0.15, 0.2) is 0 Å². The SMILES string of the molecule is CC(C)c1ccc(-c2nn(NC(=O)C[C@H]3C[C@@H]4CC[C@H]3C4)c(=O)c3ccccc23)cc1. The van der Waals surface area contributed by atoms with E-state index in [0.29, 0.717) is 35.3 Å². The Labute approximate surface area is 182 Å². The largest absolute Gasteiger partial charge is 0.294 e. The van der Waals surface area contributed by atoms with Gasteiger partial charge in [0.2, 0.25) is 5.91 Å². The highest BCUT2D eigenvalue weighted by atomic mass is 16.2. The molecule has 2 fully saturated rings. The Morgan fingerprint density at radius 3 is 2.45 bits per heavy atom. The van der Waals surface area contributed by atoms with Crippen LogP contribution in [0.4, 0.5) is 0 Å². The lowest BCUT2D eigenvalue weighted by Gasteiger charge is -2.21. The van der Waals surface area contributed by atoms with Gasteiger partial charge in [-0.3, -0.25) is 9.59 Å². The maximum absolute atomic E-state index is 13.0. The lowest BCUT2D eigenvalue weighted by atomic mass is 9.86. The molecule has 5 nitrogen and oxygen atoms in total. The molecule has 0 radical (unpaired) electrons. The van der Waals surface area contributed by atoms with Gasteiger partial charge in [0.1, 0.15) is 5.69 Å². The highest BCUT2D eigenvalue weighted by Crippen LogP contribution is 2.49. The van der Waals surface area contributed by atoms with E-state index in [0.717, 1.165) is 28.1 Å². The summed E-state index contributed by atoms with van der Waals surface area (Å²) in [4.78, 5) is 27.0. The summed E-state index contributed by atoms with van der Waals surface area (Å²) in [7, 11) is 0. The van der Waals surface area contributed by atoms with E-state index in [4.69, 9.17) is 0 Å². The molecule has 0 spiro atoms. The van der Waals surface area contributed by atoms with Gasteiger partial charge in [0, 0.05) is 17.4 Å². The Bertz CT molecular complexity index is 1180. The van der Waals surface area contributed by atoms with Crippen molar-refractivity contribution in [2.75, 3.05) is 5.43 Å². The van der Waals surface area contributed by atoms with Crippen molar-refractivity contribution in [3.63, 3.8) is 0 Å². The summed E-state index contributed by atoms with van der Waals surface area (Å²) in [6.07, 6.45) is 5.44. The molecule has 5 rings (SSSR count). The lowest BCUT2D eigenvalue weighted by molar-refractivity contribution is -0.118. The van der Waals surface area contributed by atoms with Crippen LogP contribution in [0.25, 0.3) is 22.0 Å². The number of hydrogen-bond acceptors (Lipinski definition) is 3. The average Bonchev–Trinajstić information content (AvgIpc) is 3.39. The Balaban J connectivity index is 1.47. The van der Waals surface area contributed by atoms with Crippen molar-refractivity contribution in [2.45, 2.75) is 51.9 Å². The average molecular weight is 416 g/mol. The molecular formula is C26H29N3O2. The van der Waals surface area contributed by atoms with E-state index in [1.54, 1.807) is 6.07 Å². The summed E-state index contributed by atoms with van der Waals surface area (Å²) in [5.74, 6) is 2.23. The molecule has 0 unspecified atom stereocenters. The zero-order valence-electron chi connectivity index (χ0n) is 18.2. The van der Waals surface area contributed by atoms with Crippen LogP contribution in [-0.2, 0) is 4.79 Å². The van der Waals surface area contributed by atoms with Gasteiger partial charge >= 0.3 is 0 Å². The molecule has 1 amide bonds. The number of nitrogens with zero attached hydrogens (tertiary/aromatic N) is 2. The zero-order valence-corrected chi connectivity index (χ0v) is 18.2. The second kappa shape index (κ2) is 7.95. The normalized spacial score (nSPS) is 22.4. The third-order valence-electron chi connectivity index (χ3n) is 7.22. The fourth-order valence-electron chi connectivity index (χ4n) is 5.53. The first-order chi connectivity index (χ1) is 15.0. The smallest absolute Gasteiger partial charge is 0.273 e. The highest BCUT2D eigenvalue weighted by molar-refractivity contribution is 5.94. The summed E-state index contributed by atoms with van der Waals surface area (Å²) < 4.78 is 0. The molecule has 3 aromatic rings. The second-order valence-electron chi connectivity index (χ2n) is 9.56. The van der Waals surface area contributed by atoms with Crippen molar-refractivity contribution in [2.24, 2.45) is 17.8 Å². The molecule has 160 valence electrons. The van der Waals surface area contributed by atoms with E-state index < -0.39 is 0 Å². The van der Waals surface area contributed by atoms with Crippen LogP contribution in [0.3, 0.4) is 0 Å². The zero-order chi connectivity index (χ0) is 21.5. The molecule has 2 aliphatic carbocycles. The van der Waals surface area contributed by atoms with Crippen LogP contribution in [0.15, 0.2) is 53.3 Å². The number of rotatable bonds is 5. The quantitative estimate of drug-likeness (QED) is 0.632. The molecule has 1 N–H and O–H groups in total. The van der Waals surface area contributed by atoms with Crippen molar-refractivity contribution < 1.29 is 4.79 Å². The van der Waals surface area contributed by atoms with Crippen molar-refractivity contribution in [3.8, 4) is 11.3 Å². The molecule has 5 heteroatoms. The predicted molar refractivity (Wildman–Crippen MR) is 123 cm³/mol. The minimum Gasteiger partial charge on any atom is -0.273 e. The summed E-state index contributed by atoms with van der Waals surface area (Å²) >= 11 is 0. The first kappa shape index (κ1) is 20.0. The molecule has 1 heterocycles. The number of benzene rings is 2. The molecule has 2 aromatic carbocycles. The maximum atomic E-state index is 13.0. The van der Waals surface area contributed by atoms with Gasteiger partial charge in [0.25, 0.3) is 5.56 Å². The first-order valence-electron chi connectivity index (χ1n) is 11.4. The predicted octanol–water partition coefficient (Wildman–Crippen LogP) is 5.08. The number of carbonyl (C=O) groups excluding carboxylic acids is 1. The summed E-state index contributed by atoms with van der Waals surface area (Å²) in [6.45, 7) is 4.32. The number of nitrogens with one attached hydrogen (secondary N) is 1. The van der Waals surface area contributed by atoms with E-state index in [1.165, 1.54) is 24.8 Å². The van der Waals surface area contributed by atoms with Gasteiger partial charge in [-0.25, -0.2) is 5.43 Å². The van der Waals surface area contributed by atoms with Crippen LogP contribution in [0.2, 0.25) is 0 Å². The van der Waals surface area contributed by atoms with Gasteiger partial charge in [-0.15, -0.1) is 9.89 Å². The number of carbonyl (C=O) groups is 1. The Hall–Kier alpha value is -2.95. The molecule has 31 heavy (non-hydrogen) atoms. The first-order valence-corrected chi connectivity index (χ1v) is 11.4. The summed E-state index contributed by atoms with van der Waals surface area (Å²) in [6, 6.07) is 15.7. The summed E-state index contributed by atoms with van der Waals surface area (Å²) in [5.41, 5.74) is 5.37. The van der Waals surface area contributed by atoms with Crippen LogP contribution in [0, 0.1) is 17.8 Å². The lowest BCUT2D eigenvalue weighted by Crippen LogP contribution is -2.36. The second-order valence-corrected chi connectivity index (χ2v) is 9.56. The van der Waals surface area contributed by atoms with Crippen LogP contribution in [0.5, 0.6) is 0 Å². The number of aromatic nitrogens is 2. The molecule has 1 aromatic heterocycles. The minimum absolute atomic E-state index is 0.122. The van der Waals surface area contributed by atoms with E-state index in [2.05, 4.69) is 36.5 Å². The molecule has 0 saturated heterocycles. The van der Waals surface area contributed by atoms with Crippen molar-refractivity contribution in [1.29, 1.82) is 0 Å². The highest BCUT2D eigenvalue weighted by Gasteiger charge is 2.40. The summed E-state index contributed by atoms with van der Waals surface area (Å²) in [5, 5.41) is 5.93. The van der Waals surface area contributed by atoms with Gasteiger partial charge < -0.3 is 0 Å². The number of fused-ring (bicyclic) bond motifs is 3. The van der Waals surface area contributed by atoms with Gasteiger partial charge in [-0.2, -0.15) is 0 Å². The Morgan fingerprint density at radius 1 is 1.06 bits per heavy atom. The van der Waals surface area contributed by atoms with Crippen LogP contribution >= 0.6 is 0 Å². The fourth-order valence-corrected chi connectivity index (χ4v) is 5.53. The monoisotopic (exact) mass is 415 g/mol. The molecule has 0 aliphatic heterocycles. The Kier molecular flexibility index (Phi) is 5.12. The van der Waals surface area contributed by atoms with Crippen molar-refractivity contribution >= 4 is 16.7 Å². The van der Waals surface area contributed by atoms with Gasteiger partial charge in [0.05, 0.1) is 5.39 Å². The molecule has 2 bridgehead atoms. The van der Waals surface area contributed by atoms with Gasteiger partial charge in [-0.05, 0) is 54.6 Å². The fraction of sp³-hybridized carbons (Fsp3) is 0.423. The Morgan fingerprint density at radius 2 is 1.81 bits per heavy atom. The van der Waals surface area contributed by atoms with E-state index in [-0.39, 0.29) is 11.5 Å². The van der Waals surface area contributed by atoms with Crippen LogP contribution < -0.4 is 11.0 Å². The van der Waals surface area contributed by atoms with E-state index in [9.17, 15) is 9.59 Å². The molecule has 2 saturated carbocycles. The standard InChI is InChI=1S/C26H29N3O2/c1-16(2)18-9-11-19(12-10-18)25-22-5-3-4-6-23(22)26(31)29(28-25)27-24(30)15-21-14-17-7-8-20(21)13-17/h3-6,9-12,16-17,20-21H,7-8,13-15H2,1-2H3,(H,27,30)/t17-,20+,21-/m1/s1. The van der Waals surface area contributed by atoms with E-state index in [1.807, 2.05) is 30.3 Å². The number of amides is 1. The van der Waals surface area contributed by atoms with Crippen molar-refractivity contribution in [3.05, 3.63) is 64.4 Å². The molecular weight excluding hydrogens is 386 g/mol. The van der Waals surface area contributed by atoms with Crippen molar-refractivity contribution in [1.82, 2.24) is 9.89 Å². The van der Waals surface area contributed by atoms with Crippen LogP contribution in [0.1, 0.15) is 57.4 Å². The number of hydrogen-bond donors (Lipinski definition) is 1. The third-order valence-corrected chi connectivity index (χ3v) is 7.22. The molecule has 2 aliphatic rings. The minimum atomic E-state index is -0.292. The third kappa shape index (κ3) is 3.78. The van der Waals surface area contributed by atoms with E-state index >= 15 is 0 Å². The van der Waals surface area contributed by atoms with Gasteiger partial charge in [-0.1, -0.05) is 62.7 Å². The topological polar surface area (TPSA) is 64.0 Å². The maximum Gasteiger partial charge on any atom is 0.294 e.